The number of hydrogen-bond acceptors (Lipinski definition) is 2. The van der Waals surface area contributed by atoms with Crippen LogP contribution >= 0.6 is 23.2 Å². The van der Waals surface area contributed by atoms with Gasteiger partial charge < -0.3 is 0 Å². The number of rotatable bonds is 6. The molecule has 0 saturated carbocycles. The number of hydrogen-bond donors (Lipinski definition) is 0. The van der Waals surface area contributed by atoms with Gasteiger partial charge in [0.2, 0.25) is 0 Å². The molecule has 0 radical (unpaired) electrons. The third-order valence-electron chi connectivity index (χ3n) is 6.06. The number of nitrogens with zero attached hydrogens (tertiary/aromatic N) is 1. The maximum absolute atomic E-state index is 11.9. The molecule has 5 aromatic carbocycles. The Labute approximate surface area is 224 Å². The zero-order valence-corrected chi connectivity index (χ0v) is 22.6. The number of halogens is 2. The van der Waals surface area contributed by atoms with E-state index in [0.29, 0.717) is 5.69 Å². The van der Waals surface area contributed by atoms with Crippen molar-refractivity contribution in [3.8, 4) is 5.75 Å². The molecule has 0 bridgehead atoms. The molecule has 2 nitrogen and oxygen atoms in total. The van der Waals surface area contributed by atoms with E-state index in [-0.39, 0.29) is 15.8 Å². The Hall–Kier alpha value is -3.29. The van der Waals surface area contributed by atoms with Crippen LogP contribution in [0.2, 0.25) is 10.0 Å². The van der Waals surface area contributed by atoms with Gasteiger partial charge in [0.15, 0.2) is 0 Å². The topological polar surface area (TPSA) is 35.4 Å². The molecule has 0 fully saturated rings. The summed E-state index contributed by atoms with van der Waals surface area (Å²) in [6, 6.07) is 43.9. The number of benzene rings is 5. The third-order valence-corrected chi connectivity index (χ3v) is 15.7. The molecular formula is C31H22AsCl2NO. The van der Waals surface area contributed by atoms with Crippen molar-refractivity contribution in [2.45, 2.75) is 0 Å². The van der Waals surface area contributed by atoms with E-state index in [1.165, 1.54) is 17.4 Å². The Morgan fingerprint density at radius 2 is 1.00 bits per heavy atom. The summed E-state index contributed by atoms with van der Waals surface area (Å²) >= 11 is 8.96. The fourth-order valence-corrected chi connectivity index (χ4v) is 14.2. The summed E-state index contributed by atoms with van der Waals surface area (Å²) in [5.74, 6) is -0.386. The predicted octanol–water partition coefficient (Wildman–Crippen LogP) is 5.20. The minimum atomic E-state index is -3.21. The van der Waals surface area contributed by atoms with Gasteiger partial charge in [-0.05, 0) is 0 Å². The number of aliphatic imine (C=N–C) groups is 1. The molecule has 176 valence electrons. The van der Waals surface area contributed by atoms with Crippen LogP contribution in [0, 0.1) is 0 Å². The van der Waals surface area contributed by atoms with Crippen molar-refractivity contribution in [1.29, 1.82) is 0 Å². The van der Waals surface area contributed by atoms with Gasteiger partial charge in [-0.1, -0.05) is 0 Å². The van der Waals surface area contributed by atoms with E-state index in [4.69, 9.17) is 23.2 Å². The first-order chi connectivity index (χ1) is 17.6. The summed E-state index contributed by atoms with van der Waals surface area (Å²) in [5, 5.41) is 12.1. The van der Waals surface area contributed by atoms with Crippen LogP contribution in [0.3, 0.4) is 0 Å². The molecule has 5 rings (SSSR count). The quantitative estimate of drug-likeness (QED) is 0.205. The molecule has 0 aromatic heterocycles. The molecule has 0 saturated heterocycles. The summed E-state index contributed by atoms with van der Waals surface area (Å²) in [5.41, 5.74) is 1.55. The molecular weight excluding hydrogens is 548 g/mol. The van der Waals surface area contributed by atoms with Gasteiger partial charge in [-0.2, -0.15) is 0 Å². The van der Waals surface area contributed by atoms with Gasteiger partial charge >= 0.3 is 225 Å². The maximum atomic E-state index is 11.9. The second kappa shape index (κ2) is 10.8. The Kier molecular flexibility index (Phi) is 7.30. The predicted molar refractivity (Wildman–Crippen MR) is 153 cm³/mol. The van der Waals surface area contributed by atoms with E-state index in [2.05, 4.69) is 114 Å². The molecule has 0 spiro atoms. The van der Waals surface area contributed by atoms with E-state index >= 15 is 0 Å². The van der Waals surface area contributed by atoms with Gasteiger partial charge in [0.05, 0.1) is 0 Å². The Morgan fingerprint density at radius 1 is 0.583 bits per heavy atom. The van der Waals surface area contributed by atoms with Gasteiger partial charge in [-0.15, -0.1) is 0 Å². The molecule has 5 aromatic rings. The summed E-state index contributed by atoms with van der Waals surface area (Å²) in [6.45, 7) is 0. The van der Waals surface area contributed by atoms with Crippen molar-refractivity contribution in [3.05, 3.63) is 143 Å². The molecule has 0 N–H and O–H groups in total. The van der Waals surface area contributed by atoms with Crippen molar-refractivity contribution < 1.29 is 5.11 Å². The third kappa shape index (κ3) is 4.61. The first-order valence-corrected chi connectivity index (χ1v) is 16.0. The van der Waals surface area contributed by atoms with E-state index < -0.39 is 13.6 Å². The summed E-state index contributed by atoms with van der Waals surface area (Å²) < 4.78 is 5.20. The van der Waals surface area contributed by atoms with Crippen molar-refractivity contribution in [2.75, 3.05) is 0 Å². The van der Waals surface area contributed by atoms with Crippen molar-refractivity contribution in [2.24, 2.45) is 4.99 Å². The molecule has 0 heterocycles. The molecule has 0 unspecified atom stereocenters. The van der Waals surface area contributed by atoms with Crippen LogP contribution in [0.1, 0.15) is 5.56 Å². The Bertz CT molecular complexity index is 1390. The van der Waals surface area contributed by atoms with Crippen LogP contribution in [0.15, 0.2) is 132 Å². The second-order valence-electron chi connectivity index (χ2n) is 8.23. The zero-order valence-electron chi connectivity index (χ0n) is 19.3. The van der Waals surface area contributed by atoms with Crippen LogP contribution in [0.5, 0.6) is 5.75 Å². The van der Waals surface area contributed by atoms with Gasteiger partial charge in [0.25, 0.3) is 0 Å². The van der Waals surface area contributed by atoms with Gasteiger partial charge in [-0.3, -0.25) is 0 Å². The van der Waals surface area contributed by atoms with Crippen LogP contribution in [0.25, 0.3) is 0 Å². The van der Waals surface area contributed by atoms with Gasteiger partial charge in [-0.25, -0.2) is 0 Å². The Balaban J connectivity index is 1.79. The Morgan fingerprint density at radius 3 is 1.47 bits per heavy atom. The average Bonchev–Trinajstić information content (AvgIpc) is 2.93. The fraction of sp³-hybridized carbons (Fsp3) is 0. The van der Waals surface area contributed by atoms with Crippen molar-refractivity contribution >= 4 is 66.1 Å². The van der Waals surface area contributed by atoms with E-state index in [9.17, 15) is 5.11 Å². The van der Waals surface area contributed by atoms with Crippen molar-refractivity contribution in [3.63, 3.8) is 0 Å². The molecule has 5 heteroatoms. The normalized spacial score (nSPS) is 11.6. The van der Waals surface area contributed by atoms with Crippen molar-refractivity contribution in [1.82, 2.24) is 0 Å². The molecule has 36 heavy (non-hydrogen) atoms. The van der Waals surface area contributed by atoms with Gasteiger partial charge in [0.1, 0.15) is 0 Å². The van der Waals surface area contributed by atoms with E-state index in [1.54, 1.807) is 12.1 Å². The standard InChI is InChI=1S/C31H22AsCl2NO/c33-29-20-27(21-30(34)31(29)36)35-22-23-12-10-11-19-28(23)32(24-13-4-1-5-14-24,25-15-6-2-7-16-25)26-17-8-3-9-18-26/h1-22H. The minimum absolute atomic E-state index is 0.0618. The summed E-state index contributed by atoms with van der Waals surface area (Å²) in [6.07, 6.45) is 1.85. The molecule has 0 aliphatic carbocycles. The SMILES string of the molecule is [O-]c1c(Cl)cc(N=Cc2ccccc2[As+](c2ccccc2)(c2ccccc2)c2ccccc2)cc1Cl. The first kappa shape index (κ1) is 24.4. The average molecular weight is 570 g/mol. The van der Waals surface area contributed by atoms with Gasteiger partial charge in [0, 0.05) is 0 Å². The first-order valence-electron chi connectivity index (χ1n) is 11.5. The van der Waals surface area contributed by atoms with E-state index in [0.717, 1.165) is 5.56 Å². The van der Waals surface area contributed by atoms with E-state index in [1.807, 2.05) is 12.3 Å². The summed E-state index contributed by atoms with van der Waals surface area (Å²) in [7, 11) is 0. The molecule has 0 aliphatic heterocycles. The van der Waals surface area contributed by atoms with Crippen LogP contribution < -0.4 is 22.5 Å². The van der Waals surface area contributed by atoms with Crippen LogP contribution in [0.4, 0.5) is 5.69 Å². The monoisotopic (exact) mass is 569 g/mol. The van der Waals surface area contributed by atoms with Crippen LogP contribution in [-0.2, 0) is 0 Å². The molecule has 0 amide bonds. The van der Waals surface area contributed by atoms with Crippen LogP contribution in [-0.4, -0.2) is 19.8 Å². The summed E-state index contributed by atoms with van der Waals surface area (Å²) in [4.78, 5) is 4.69. The molecule has 0 atom stereocenters. The fourth-order valence-electron chi connectivity index (χ4n) is 4.49. The second-order valence-corrected chi connectivity index (χ2v) is 16.1. The molecule has 0 aliphatic rings. The zero-order chi connectivity index (χ0) is 25.0.